The van der Waals surface area contributed by atoms with Crippen LogP contribution in [0.3, 0.4) is 0 Å². The monoisotopic (exact) mass is 339 g/mol. The molecule has 0 aliphatic carbocycles. The van der Waals surface area contributed by atoms with Crippen molar-refractivity contribution in [3.63, 3.8) is 0 Å². The SMILES string of the molecule is Fc1ccc(-n2nc(Cc3ccccc3)c3c2NCCCC3)c(F)c1. The largest absolute Gasteiger partial charge is 0.370 e. The summed E-state index contributed by atoms with van der Waals surface area (Å²) in [6, 6.07) is 13.7. The molecule has 0 saturated heterocycles. The minimum absolute atomic E-state index is 0.270. The van der Waals surface area contributed by atoms with Gasteiger partial charge in [0.2, 0.25) is 0 Å². The lowest BCUT2D eigenvalue weighted by molar-refractivity contribution is 0.573. The number of aromatic nitrogens is 2. The zero-order valence-electron chi connectivity index (χ0n) is 13.8. The molecule has 3 nitrogen and oxygen atoms in total. The molecule has 1 aliphatic heterocycles. The maximum Gasteiger partial charge on any atom is 0.151 e. The Morgan fingerprint density at radius 2 is 1.88 bits per heavy atom. The number of halogens is 2. The summed E-state index contributed by atoms with van der Waals surface area (Å²) in [5.41, 5.74) is 3.51. The molecule has 3 aromatic rings. The minimum Gasteiger partial charge on any atom is -0.370 e. The zero-order chi connectivity index (χ0) is 17.2. The van der Waals surface area contributed by atoms with Crippen molar-refractivity contribution in [2.24, 2.45) is 0 Å². The summed E-state index contributed by atoms with van der Waals surface area (Å²) in [6.45, 7) is 0.826. The summed E-state index contributed by atoms with van der Waals surface area (Å²) in [4.78, 5) is 0. The Bertz CT molecular complexity index is 887. The van der Waals surface area contributed by atoms with E-state index >= 15 is 0 Å². The van der Waals surface area contributed by atoms with Crippen LogP contribution in [0, 0.1) is 11.6 Å². The molecule has 0 atom stereocenters. The van der Waals surface area contributed by atoms with Gasteiger partial charge in [0.05, 0.1) is 5.69 Å². The lowest BCUT2D eigenvalue weighted by atomic mass is 10.0. The molecule has 0 saturated carbocycles. The van der Waals surface area contributed by atoms with E-state index in [4.69, 9.17) is 0 Å². The standard InChI is InChI=1S/C20H19F2N3/c21-15-9-10-19(17(22)13-15)25-20-16(8-4-5-11-23-20)18(24-25)12-14-6-2-1-3-7-14/h1-3,6-7,9-10,13,23H,4-5,8,11-12H2. The minimum atomic E-state index is -0.609. The van der Waals surface area contributed by atoms with E-state index in [1.807, 2.05) is 18.2 Å². The fourth-order valence-corrected chi connectivity index (χ4v) is 3.33. The summed E-state index contributed by atoms with van der Waals surface area (Å²) in [5, 5.41) is 8.06. The number of rotatable bonds is 3. The second-order valence-electron chi connectivity index (χ2n) is 6.33. The highest BCUT2D eigenvalue weighted by Crippen LogP contribution is 2.30. The van der Waals surface area contributed by atoms with Crippen LogP contribution in [-0.2, 0) is 12.8 Å². The average Bonchev–Trinajstić information content (AvgIpc) is 2.79. The molecule has 1 aromatic heterocycles. The maximum atomic E-state index is 14.3. The van der Waals surface area contributed by atoms with Crippen LogP contribution in [-0.4, -0.2) is 16.3 Å². The highest BCUT2D eigenvalue weighted by Gasteiger charge is 2.22. The molecule has 0 amide bonds. The number of nitrogens with zero attached hydrogens (tertiary/aromatic N) is 2. The molecule has 128 valence electrons. The maximum absolute atomic E-state index is 14.3. The average molecular weight is 339 g/mol. The van der Waals surface area contributed by atoms with Crippen molar-refractivity contribution in [1.29, 1.82) is 0 Å². The third-order valence-electron chi connectivity index (χ3n) is 4.57. The van der Waals surface area contributed by atoms with Crippen molar-refractivity contribution in [3.05, 3.63) is 77.0 Å². The lowest BCUT2D eigenvalue weighted by Crippen LogP contribution is -2.08. The fourth-order valence-electron chi connectivity index (χ4n) is 3.33. The third-order valence-corrected chi connectivity index (χ3v) is 4.57. The highest BCUT2D eigenvalue weighted by molar-refractivity contribution is 5.55. The van der Waals surface area contributed by atoms with E-state index in [0.717, 1.165) is 48.9 Å². The van der Waals surface area contributed by atoms with Gasteiger partial charge in [-0.2, -0.15) is 5.10 Å². The van der Waals surface area contributed by atoms with Crippen LogP contribution in [0.1, 0.15) is 29.7 Å². The van der Waals surface area contributed by atoms with Gasteiger partial charge in [0.15, 0.2) is 5.82 Å². The molecule has 1 N–H and O–H groups in total. The smallest absolute Gasteiger partial charge is 0.151 e. The van der Waals surface area contributed by atoms with E-state index in [9.17, 15) is 8.78 Å². The second kappa shape index (κ2) is 6.67. The molecule has 0 unspecified atom stereocenters. The van der Waals surface area contributed by atoms with Gasteiger partial charge in [-0.15, -0.1) is 0 Å². The topological polar surface area (TPSA) is 29.9 Å². The molecule has 0 spiro atoms. The normalized spacial score (nSPS) is 13.8. The van der Waals surface area contributed by atoms with E-state index in [-0.39, 0.29) is 5.69 Å². The van der Waals surface area contributed by atoms with Crippen LogP contribution in [0.25, 0.3) is 5.69 Å². The molecule has 0 bridgehead atoms. The molecular formula is C20H19F2N3. The van der Waals surface area contributed by atoms with Crippen LogP contribution in [0.5, 0.6) is 0 Å². The van der Waals surface area contributed by atoms with Crippen LogP contribution in [0.15, 0.2) is 48.5 Å². The van der Waals surface area contributed by atoms with Crippen molar-refractivity contribution in [2.45, 2.75) is 25.7 Å². The molecule has 25 heavy (non-hydrogen) atoms. The Labute approximate surface area is 145 Å². The number of hydrogen-bond donors (Lipinski definition) is 1. The summed E-state index contributed by atoms with van der Waals surface area (Å²) >= 11 is 0. The summed E-state index contributed by atoms with van der Waals surface area (Å²) < 4.78 is 29.2. The van der Waals surface area contributed by atoms with Crippen molar-refractivity contribution >= 4 is 5.82 Å². The number of benzene rings is 2. The fraction of sp³-hybridized carbons (Fsp3) is 0.250. The first kappa shape index (κ1) is 15.8. The number of fused-ring (bicyclic) bond motifs is 1. The predicted molar refractivity (Wildman–Crippen MR) is 94.2 cm³/mol. The first-order chi connectivity index (χ1) is 12.2. The van der Waals surface area contributed by atoms with Crippen molar-refractivity contribution in [3.8, 4) is 5.69 Å². The van der Waals surface area contributed by atoms with E-state index in [0.29, 0.717) is 6.42 Å². The molecule has 1 aliphatic rings. The van der Waals surface area contributed by atoms with Crippen molar-refractivity contribution < 1.29 is 8.78 Å². The van der Waals surface area contributed by atoms with E-state index in [1.165, 1.54) is 17.7 Å². The summed E-state index contributed by atoms with van der Waals surface area (Å²) in [6.07, 6.45) is 3.73. The molecule has 2 heterocycles. The Hall–Kier alpha value is -2.69. The quantitative estimate of drug-likeness (QED) is 0.762. The summed E-state index contributed by atoms with van der Waals surface area (Å²) in [7, 11) is 0. The Kier molecular flexibility index (Phi) is 4.22. The van der Waals surface area contributed by atoms with Crippen molar-refractivity contribution in [2.75, 3.05) is 11.9 Å². The van der Waals surface area contributed by atoms with Gasteiger partial charge < -0.3 is 5.32 Å². The Morgan fingerprint density at radius 1 is 1.04 bits per heavy atom. The van der Waals surface area contributed by atoms with Crippen molar-refractivity contribution in [1.82, 2.24) is 9.78 Å². The predicted octanol–water partition coefficient (Wildman–Crippen LogP) is 4.49. The van der Waals surface area contributed by atoms with Gasteiger partial charge in [0, 0.05) is 24.6 Å². The van der Waals surface area contributed by atoms with Crippen LogP contribution in [0.2, 0.25) is 0 Å². The van der Waals surface area contributed by atoms with Gasteiger partial charge in [0.1, 0.15) is 17.3 Å². The number of nitrogens with one attached hydrogen (secondary N) is 1. The van der Waals surface area contributed by atoms with E-state index < -0.39 is 11.6 Å². The summed E-state index contributed by atoms with van der Waals surface area (Å²) in [5.74, 6) is -0.367. The third kappa shape index (κ3) is 3.14. The Morgan fingerprint density at radius 3 is 2.68 bits per heavy atom. The van der Waals surface area contributed by atoms with Gasteiger partial charge in [-0.3, -0.25) is 0 Å². The van der Waals surface area contributed by atoms with Gasteiger partial charge in [-0.1, -0.05) is 30.3 Å². The Balaban J connectivity index is 1.81. The number of hydrogen-bond acceptors (Lipinski definition) is 2. The molecule has 2 aromatic carbocycles. The van der Waals surface area contributed by atoms with E-state index in [2.05, 4.69) is 22.5 Å². The van der Waals surface area contributed by atoms with E-state index in [1.54, 1.807) is 4.68 Å². The van der Waals surface area contributed by atoms with Crippen LogP contribution in [0.4, 0.5) is 14.6 Å². The van der Waals surface area contributed by atoms with Crippen LogP contribution < -0.4 is 5.32 Å². The molecular weight excluding hydrogens is 320 g/mol. The van der Waals surface area contributed by atoms with Gasteiger partial charge in [-0.25, -0.2) is 13.5 Å². The zero-order valence-corrected chi connectivity index (χ0v) is 13.8. The second-order valence-corrected chi connectivity index (χ2v) is 6.33. The van der Waals surface area contributed by atoms with Crippen LogP contribution >= 0.6 is 0 Å². The highest BCUT2D eigenvalue weighted by atomic mass is 19.1. The lowest BCUT2D eigenvalue weighted by Gasteiger charge is -2.10. The first-order valence-corrected chi connectivity index (χ1v) is 8.56. The molecule has 0 fully saturated rings. The molecule has 4 rings (SSSR count). The first-order valence-electron chi connectivity index (χ1n) is 8.56. The van der Waals surface area contributed by atoms with Gasteiger partial charge >= 0.3 is 0 Å². The molecule has 0 radical (unpaired) electrons. The van der Waals surface area contributed by atoms with Gasteiger partial charge in [-0.05, 0) is 37.0 Å². The van der Waals surface area contributed by atoms with Gasteiger partial charge in [0.25, 0.3) is 0 Å². The number of anilines is 1. The molecule has 5 heteroatoms.